The van der Waals surface area contributed by atoms with E-state index in [4.69, 9.17) is 0 Å². The standard InChI is InChI=1S/C11H23B/c1-8(2)11(9(3)4)7-10(5)12-6/h8-9,11-12H,5,7H2,1-4,6H3. The Kier molecular flexibility index (Phi) is 5.36. The molecule has 0 saturated heterocycles. The van der Waals surface area contributed by atoms with Crippen molar-refractivity contribution < 1.29 is 0 Å². The molecule has 0 amide bonds. The van der Waals surface area contributed by atoms with Crippen LogP contribution in [0.25, 0.3) is 0 Å². The normalized spacial score (nSPS) is 11.3. The van der Waals surface area contributed by atoms with Crippen molar-refractivity contribution in [2.24, 2.45) is 17.8 Å². The molecule has 0 radical (unpaired) electrons. The van der Waals surface area contributed by atoms with Crippen LogP contribution in [0.4, 0.5) is 0 Å². The first-order valence-corrected chi connectivity index (χ1v) is 5.15. The monoisotopic (exact) mass is 166 g/mol. The van der Waals surface area contributed by atoms with Crippen molar-refractivity contribution in [1.82, 2.24) is 0 Å². The Morgan fingerprint density at radius 1 is 1.17 bits per heavy atom. The van der Waals surface area contributed by atoms with Crippen LogP contribution in [0.1, 0.15) is 34.1 Å². The van der Waals surface area contributed by atoms with Crippen molar-refractivity contribution in [1.29, 1.82) is 0 Å². The fraction of sp³-hybridized carbons (Fsp3) is 0.818. The van der Waals surface area contributed by atoms with Crippen LogP contribution >= 0.6 is 0 Å². The molecule has 0 aliphatic carbocycles. The largest absolute Gasteiger partial charge is 0.148 e. The van der Waals surface area contributed by atoms with Gasteiger partial charge in [0.05, 0.1) is 0 Å². The summed E-state index contributed by atoms with van der Waals surface area (Å²) in [6.45, 7) is 15.5. The first-order valence-electron chi connectivity index (χ1n) is 5.15. The zero-order valence-electron chi connectivity index (χ0n) is 9.35. The average Bonchev–Trinajstić information content (AvgIpc) is 1.98. The Morgan fingerprint density at radius 2 is 1.58 bits per heavy atom. The first kappa shape index (κ1) is 11.8. The predicted octanol–water partition coefficient (Wildman–Crippen LogP) is 3.30. The van der Waals surface area contributed by atoms with Crippen molar-refractivity contribution >= 4 is 7.28 Å². The van der Waals surface area contributed by atoms with Gasteiger partial charge in [-0.3, -0.25) is 0 Å². The Labute approximate surface area is 78.7 Å². The van der Waals surface area contributed by atoms with Crippen LogP contribution in [0.3, 0.4) is 0 Å². The Balaban J connectivity index is 4.05. The summed E-state index contributed by atoms with van der Waals surface area (Å²) in [5.74, 6) is 2.39. The molecule has 0 heterocycles. The lowest BCUT2D eigenvalue weighted by molar-refractivity contribution is 0.289. The molecule has 0 aromatic carbocycles. The van der Waals surface area contributed by atoms with Crippen molar-refractivity contribution in [2.75, 3.05) is 0 Å². The summed E-state index contributed by atoms with van der Waals surface area (Å²) >= 11 is 0. The summed E-state index contributed by atoms with van der Waals surface area (Å²) in [6.07, 6.45) is 1.21. The van der Waals surface area contributed by atoms with E-state index in [1.54, 1.807) is 0 Å². The van der Waals surface area contributed by atoms with Gasteiger partial charge in [0.2, 0.25) is 0 Å². The Morgan fingerprint density at radius 3 is 1.83 bits per heavy atom. The molecule has 0 unspecified atom stereocenters. The number of allylic oxidation sites excluding steroid dienone is 1. The molecule has 12 heavy (non-hydrogen) atoms. The van der Waals surface area contributed by atoms with Gasteiger partial charge in [-0.05, 0) is 24.2 Å². The van der Waals surface area contributed by atoms with Gasteiger partial charge in [0.15, 0.2) is 0 Å². The summed E-state index contributed by atoms with van der Waals surface area (Å²) in [4.78, 5) is 0. The molecular weight excluding hydrogens is 143 g/mol. The van der Waals surface area contributed by atoms with E-state index in [-0.39, 0.29) is 0 Å². The summed E-state index contributed by atoms with van der Waals surface area (Å²) in [7, 11) is 1.13. The molecule has 0 aliphatic heterocycles. The fourth-order valence-electron chi connectivity index (χ4n) is 1.72. The maximum Gasteiger partial charge on any atom is 0.148 e. The second-order valence-electron chi connectivity index (χ2n) is 4.46. The highest BCUT2D eigenvalue weighted by Gasteiger charge is 2.17. The molecule has 0 aliphatic rings. The number of rotatable bonds is 5. The lowest BCUT2D eigenvalue weighted by Gasteiger charge is -2.25. The zero-order valence-corrected chi connectivity index (χ0v) is 9.35. The number of hydrogen-bond donors (Lipinski definition) is 0. The van der Waals surface area contributed by atoms with Crippen LogP contribution < -0.4 is 0 Å². The minimum atomic E-state index is 0.785. The predicted molar refractivity (Wildman–Crippen MR) is 59.9 cm³/mol. The molecule has 0 nitrogen and oxygen atoms in total. The molecule has 0 N–H and O–H groups in total. The number of hydrogen-bond acceptors (Lipinski definition) is 0. The minimum absolute atomic E-state index is 0.785. The molecule has 0 rings (SSSR count). The highest BCUT2D eigenvalue weighted by molar-refractivity contribution is 6.43. The van der Waals surface area contributed by atoms with Gasteiger partial charge in [-0.2, -0.15) is 0 Å². The molecule has 0 bridgehead atoms. The molecule has 0 saturated carbocycles. The quantitative estimate of drug-likeness (QED) is 0.549. The lowest BCUT2D eigenvalue weighted by Crippen LogP contribution is -2.17. The highest BCUT2D eigenvalue weighted by atomic mass is 14.2. The van der Waals surface area contributed by atoms with E-state index in [1.165, 1.54) is 11.9 Å². The van der Waals surface area contributed by atoms with Gasteiger partial charge in [0.1, 0.15) is 7.28 Å². The first-order chi connectivity index (χ1) is 5.49. The van der Waals surface area contributed by atoms with Crippen molar-refractivity contribution in [3.63, 3.8) is 0 Å². The van der Waals surface area contributed by atoms with Crippen LogP contribution in [0.15, 0.2) is 12.1 Å². The Hall–Kier alpha value is -0.195. The highest BCUT2D eigenvalue weighted by Crippen LogP contribution is 2.26. The molecule has 0 atom stereocenters. The third-order valence-electron chi connectivity index (χ3n) is 2.74. The summed E-state index contributed by atoms with van der Waals surface area (Å²) in [5.41, 5.74) is 1.41. The van der Waals surface area contributed by atoms with E-state index in [0.717, 1.165) is 25.0 Å². The van der Waals surface area contributed by atoms with E-state index in [1.807, 2.05) is 0 Å². The SMILES string of the molecule is C=C(BC)CC(C(C)C)C(C)C. The molecule has 0 spiro atoms. The van der Waals surface area contributed by atoms with Crippen LogP contribution in [0.5, 0.6) is 0 Å². The van der Waals surface area contributed by atoms with Crippen molar-refractivity contribution in [2.45, 2.75) is 40.9 Å². The smallest absolute Gasteiger partial charge is 0.113 e. The topological polar surface area (TPSA) is 0 Å². The molecular formula is C11H23B. The fourth-order valence-corrected chi connectivity index (χ4v) is 1.72. The lowest BCUT2D eigenvalue weighted by atomic mass is 9.67. The molecule has 0 aromatic heterocycles. The van der Waals surface area contributed by atoms with Crippen LogP contribution in [-0.2, 0) is 0 Å². The van der Waals surface area contributed by atoms with Gasteiger partial charge in [0.25, 0.3) is 0 Å². The van der Waals surface area contributed by atoms with Crippen molar-refractivity contribution in [3.05, 3.63) is 12.1 Å². The maximum atomic E-state index is 4.08. The second kappa shape index (κ2) is 5.45. The third kappa shape index (κ3) is 3.99. The Bertz CT molecular complexity index is 128. The van der Waals surface area contributed by atoms with E-state index >= 15 is 0 Å². The molecule has 0 aromatic rings. The minimum Gasteiger partial charge on any atom is -0.113 e. The van der Waals surface area contributed by atoms with Crippen LogP contribution in [-0.4, -0.2) is 7.28 Å². The van der Waals surface area contributed by atoms with Gasteiger partial charge in [-0.25, -0.2) is 0 Å². The zero-order chi connectivity index (χ0) is 9.72. The van der Waals surface area contributed by atoms with Crippen molar-refractivity contribution in [3.8, 4) is 0 Å². The molecule has 1 heteroatoms. The van der Waals surface area contributed by atoms with Gasteiger partial charge < -0.3 is 0 Å². The summed E-state index contributed by atoms with van der Waals surface area (Å²) < 4.78 is 0. The van der Waals surface area contributed by atoms with Gasteiger partial charge in [-0.1, -0.05) is 34.5 Å². The van der Waals surface area contributed by atoms with Crippen LogP contribution in [0, 0.1) is 17.8 Å². The van der Waals surface area contributed by atoms with Gasteiger partial charge in [0, 0.05) is 0 Å². The van der Waals surface area contributed by atoms with Gasteiger partial charge >= 0.3 is 0 Å². The van der Waals surface area contributed by atoms with E-state index < -0.39 is 0 Å². The average molecular weight is 166 g/mol. The summed E-state index contributed by atoms with van der Waals surface area (Å²) in [5, 5.41) is 0. The summed E-state index contributed by atoms with van der Waals surface area (Å²) in [6, 6.07) is 0. The van der Waals surface area contributed by atoms with E-state index in [0.29, 0.717) is 0 Å². The second-order valence-corrected chi connectivity index (χ2v) is 4.46. The molecule has 0 fully saturated rings. The van der Waals surface area contributed by atoms with E-state index in [9.17, 15) is 0 Å². The third-order valence-corrected chi connectivity index (χ3v) is 2.74. The van der Waals surface area contributed by atoms with Crippen LogP contribution in [0.2, 0.25) is 6.82 Å². The van der Waals surface area contributed by atoms with E-state index in [2.05, 4.69) is 41.1 Å². The van der Waals surface area contributed by atoms with Gasteiger partial charge in [-0.15, -0.1) is 12.1 Å². The maximum absolute atomic E-state index is 4.08. The molecule has 70 valence electrons.